The van der Waals surface area contributed by atoms with Crippen molar-refractivity contribution in [1.82, 2.24) is 5.32 Å². The SMILES string of the molecule is COCCCNCCOCCC(C)(C)C. The summed E-state index contributed by atoms with van der Waals surface area (Å²) in [6, 6.07) is 0. The monoisotopic (exact) mass is 217 g/mol. The Balaban J connectivity index is 2.99. The van der Waals surface area contributed by atoms with Gasteiger partial charge in [0.2, 0.25) is 0 Å². The molecule has 0 saturated heterocycles. The molecule has 0 aromatic rings. The van der Waals surface area contributed by atoms with E-state index in [4.69, 9.17) is 9.47 Å². The Bertz CT molecular complexity index is 132. The lowest BCUT2D eigenvalue weighted by molar-refractivity contribution is 0.109. The van der Waals surface area contributed by atoms with Gasteiger partial charge in [0.15, 0.2) is 0 Å². The topological polar surface area (TPSA) is 30.5 Å². The summed E-state index contributed by atoms with van der Waals surface area (Å²) in [5.41, 5.74) is 0.381. The normalized spacial score (nSPS) is 12.0. The van der Waals surface area contributed by atoms with Crippen molar-refractivity contribution in [2.75, 3.05) is 40.0 Å². The van der Waals surface area contributed by atoms with Crippen LogP contribution in [0.3, 0.4) is 0 Å². The molecule has 0 aliphatic rings. The van der Waals surface area contributed by atoms with Crippen LogP contribution >= 0.6 is 0 Å². The lowest BCUT2D eigenvalue weighted by Gasteiger charge is -2.17. The van der Waals surface area contributed by atoms with Crippen LogP contribution in [0.5, 0.6) is 0 Å². The van der Waals surface area contributed by atoms with E-state index >= 15 is 0 Å². The van der Waals surface area contributed by atoms with Gasteiger partial charge in [-0.1, -0.05) is 20.8 Å². The third-order valence-electron chi connectivity index (χ3n) is 2.12. The van der Waals surface area contributed by atoms with Crippen molar-refractivity contribution in [2.45, 2.75) is 33.6 Å². The highest BCUT2D eigenvalue weighted by Gasteiger charge is 2.08. The molecule has 0 aromatic carbocycles. The van der Waals surface area contributed by atoms with Crippen LogP contribution in [0.4, 0.5) is 0 Å². The number of ether oxygens (including phenoxy) is 2. The van der Waals surface area contributed by atoms with Gasteiger partial charge in [-0.3, -0.25) is 0 Å². The maximum atomic E-state index is 5.52. The van der Waals surface area contributed by atoms with E-state index in [1.165, 1.54) is 0 Å². The molecule has 0 spiro atoms. The van der Waals surface area contributed by atoms with Gasteiger partial charge in [0.05, 0.1) is 6.61 Å². The molecule has 0 aliphatic carbocycles. The van der Waals surface area contributed by atoms with Gasteiger partial charge in [0, 0.05) is 26.9 Å². The van der Waals surface area contributed by atoms with Gasteiger partial charge < -0.3 is 14.8 Å². The minimum Gasteiger partial charge on any atom is -0.385 e. The Morgan fingerprint density at radius 3 is 2.33 bits per heavy atom. The van der Waals surface area contributed by atoms with Gasteiger partial charge in [0.1, 0.15) is 0 Å². The lowest BCUT2D eigenvalue weighted by Crippen LogP contribution is -2.22. The van der Waals surface area contributed by atoms with E-state index in [-0.39, 0.29) is 0 Å². The highest BCUT2D eigenvalue weighted by molar-refractivity contribution is 4.59. The molecule has 0 unspecified atom stereocenters. The van der Waals surface area contributed by atoms with E-state index in [1.807, 2.05) is 0 Å². The van der Waals surface area contributed by atoms with Crippen molar-refractivity contribution in [3.05, 3.63) is 0 Å². The molecular weight excluding hydrogens is 190 g/mol. The zero-order valence-corrected chi connectivity index (χ0v) is 10.8. The van der Waals surface area contributed by atoms with Crippen LogP contribution in [0.1, 0.15) is 33.6 Å². The first kappa shape index (κ1) is 14.9. The Hall–Kier alpha value is -0.120. The maximum absolute atomic E-state index is 5.52. The molecule has 0 rings (SSSR count). The number of hydrogen-bond donors (Lipinski definition) is 1. The molecule has 0 bridgehead atoms. The lowest BCUT2D eigenvalue weighted by atomic mass is 9.93. The average Bonchev–Trinajstić information content (AvgIpc) is 2.14. The summed E-state index contributed by atoms with van der Waals surface area (Å²) in [6.07, 6.45) is 2.19. The van der Waals surface area contributed by atoms with Crippen LogP contribution in [0, 0.1) is 5.41 Å². The molecule has 3 nitrogen and oxygen atoms in total. The zero-order chi connectivity index (χ0) is 11.6. The third kappa shape index (κ3) is 13.9. The van der Waals surface area contributed by atoms with Gasteiger partial charge >= 0.3 is 0 Å². The summed E-state index contributed by atoms with van der Waals surface area (Å²) in [7, 11) is 1.73. The smallest absolute Gasteiger partial charge is 0.0590 e. The number of rotatable bonds is 9. The maximum Gasteiger partial charge on any atom is 0.0590 e. The number of hydrogen-bond acceptors (Lipinski definition) is 3. The minimum atomic E-state index is 0.381. The van der Waals surface area contributed by atoms with Gasteiger partial charge in [0.25, 0.3) is 0 Å². The Kier molecular flexibility index (Phi) is 9.06. The van der Waals surface area contributed by atoms with Gasteiger partial charge in [-0.2, -0.15) is 0 Å². The summed E-state index contributed by atoms with van der Waals surface area (Å²) in [5, 5.41) is 3.31. The van der Waals surface area contributed by atoms with E-state index in [1.54, 1.807) is 7.11 Å². The van der Waals surface area contributed by atoms with E-state index < -0.39 is 0 Å². The van der Waals surface area contributed by atoms with E-state index in [0.717, 1.165) is 45.8 Å². The first-order chi connectivity index (χ1) is 7.06. The quantitative estimate of drug-likeness (QED) is 0.600. The summed E-state index contributed by atoms with van der Waals surface area (Å²) >= 11 is 0. The van der Waals surface area contributed by atoms with Crippen LogP contribution in [-0.4, -0.2) is 40.0 Å². The van der Waals surface area contributed by atoms with Crippen LogP contribution in [0.2, 0.25) is 0 Å². The first-order valence-electron chi connectivity index (χ1n) is 5.83. The van der Waals surface area contributed by atoms with E-state index in [9.17, 15) is 0 Å². The summed E-state index contributed by atoms with van der Waals surface area (Å²) in [6.45, 7) is 11.2. The second-order valence-electron chi connectivity index (χ2n) is 5.02. The first-order valence-corrected chi connectivity index (χ1v) is 5.83. The molecule has 0 saturated carbocycles. The van der Waals surface area contributed by atoms with Crippen LogP contribution in [-0.2, 0) is 9.47 Å². The molecule has 0 radical (unpaired) electrons. The molecule has 0 amide bonds. The van der Waals surface area contributed by atoms with Crippen molar-refractivity contribution in [3.63, 3.8) is 0 Å². The molecule has 0 atom stereocenters. The molecule has 0 aliphatic heterocycles. The summed E-state index contributed by atoms with van der Waals surface area (Å²) in [5.74, 6) is 0. The minimum absolute atomic E-state index is 0.381. The Morgan fingerprint density at radius 1 is 1.00 bits per heavy atom. The fourth-order valence-electron chi connectivity index (χ4n) is 1.09. The predicted molar refractivity (Wildman–Crippen MR) is 64.3 cm³/mol. The average molecular weight is 217 g/mol. The van der Waals surface area contributed by atoms with Crippen molar-refractivity contribution in [2.24, 2.45) is 5.41 Å². The van der Waals surface area contributed by atoms with Gasteiger partial charge in [-0.15, -0.1) is 0 Å². The summed E-state index contributed by atoms with van der Waals surface area (Å²) < 4.78 is 10.5. The van der Waals surface area contributed by atoms with E-state index in [0.29, 0.717) is 5.41 Å². The molecule has 0 heterocycles. The zero-order valence-electron chi connectivity index (χ0n) is 10.8. The third-order valence-corrected chi connectivity index (χ3v) is 2.12. The van der Waals surface area contributed by atoms with Crippen molar-refractivity contribution < 1.29 is 9.47 Å². The molecular formula is C12H27NO2. The Morgan fingerprint density at radius 2 is 1.73 bits per heavy atom. The fraction of sp³-hybridized carbons (Fsp3) is 1.00. The van der Waals surface area contributed by atoms with Crippen LogP contribution in [0.25, 0.3) is 0 Å². The van der Waals surface area contributed by atoms with Gasteiger partial charge in [-0.05, 0) is 24.8 Å². The van der Waals surface area contributed by atoms with Crippen molar-refractivity contribution in [1.29, 1.82) is 0 Å². The number of methoxy groups -OCH3 is 1. The molecule has 1 N–H and O–H groups in total. The second-order valence-corrected chi connectivity index (χ2v) is 5.02. The largest absolute Gasteiger partial charge is 0.385 e. The van der Waals surface area contributed by atoms with Crippen LogP contribution in [0.15, 0.2) is 0 Å². The standard InChI is InChI=1S/C12H27NO2/c1-12(2,3)6-10-15-11-8-13-7-5-9-14-4/h13H,5-11H2,1-4H3. The highest BCUT2D eigenvalue weighted by atomic mass is 16.5. The molecule has 3 heteroatoms. The number of nitrogens with one attached hydrogen (secondary N) is 1. The second kappa shape index (κ2) is 9.13. The molecule has 92 valence electrons. The fourth-order valence-corrected chi connectivity index (χ4v) is 1.09. The highest BCUT2D eigenvalue weighted by Crippen LogP contribution is 2.17. The molecule has 0 aromatic heterocycles. The summed E-state index contributed by atoms with van der Waals surface area (Å²) in [4.78, 5) is 0. The Labute approximate surface area is 94.5 Å². The predicted octanol–water partition coefficient (Wildman–Crippen LogP) is 2.07. The van der Waals surface area contributed by atoms with Gasteiger partial charge in [-0.25, -0.2) is 0 Å². The van der Waals surface area contributed by atoms with Crippen molar-refractivity contribution in [3.8, 4) is 0 Å². The van der Waals surface area contributed by atoms with Crippen LogP contribution < -0.4 is 5.32 Å². The molecule has 15 heavy (non-hydrogen) atoms. The van der Waals surface area contributed by atoms with Crippen molar-refractivity contribution >= 4 is 0 Å². The molecule has 0 fully saturated rings. The van der Waals surface area contributed by atoms with E-state index in [2.05, 4.69) is 26.1 Å².